The van der Waals surface area contributed by atoms with Crippen LogP contribution in [0.4, 0.5) is 5.69 Å². The summed E-state index contributed by atoms with van der Waals surface area (Å²) >= 11 is 0. The second-order valence-corrected chi connectivity index (χ2v) is 5.31. The number of nitrogens with zero attached hydrogens (tertiary/aromatic N) is 1. The van der Waals surface area contributed by atoms with Crippen molar-refractivity contribution in [3.8, 4) is 5.75 Å². The van der Waals surface area contributed by atoms with Gasteiger partial charge in [-0.15, -0.1) is 0 Å². The zero-order chi connectivity index (χ0) is 16.1. The van der Waals surface area contributed by atoms with Crippen molar-refractivity contribution < 1.29 is 14.3 Å². The summed E-state index contributed by atoms with van der Waals surface area (Å²) in [7, 11) is 0. The number of hydrogen-bond acceptors (Lipinski definition) is 3. The number of nitrogens with one attached hydrogen (secondary N) is 1. The van der Waals surface area contributed by atoms with Crippen LogP contribution in [0.15, 0.2) is 54.6 Å². The minimum Gasteiger partial charge on any atom is -0.482 e. The quantitative estimate of drug-likeness (QED) is 0.920. The Morgan fingerprint density at radius 1 is 1.09 bits per heavy atom. The molecule has 0 saturated heterocycles. The van der Waals surface area contributed by atoms with E-state index in [-0.39, 0.29) is 24.8 Å². The molecule has 0 unspecified atom stereocenters. The van der Waals surface area contributed by atoms with Gasteiger partial charge in [0.1, 0.15) is 5.75 Å². The lowest BCUT2D eigenvalue weighted by atomic mass is 10.2. The van der Waals surface area contributed by atoms with Crippen LogP contribution in [0, 0.1) is 0 Å². The molecule has 1 heterocycles. The predicted octanol–water partition coefficient (Wildman–Crippen LogP) is 2.12. The van der Waals surface area contributed by atoms with Crippen molar-refractivity contribution >= 4 is 17.5 Å². The molecule has 0 spiro atoms. The summed E-state index contributed by atoms with van der Waals surface area (Å²) in [5.74, 6) is 0.474. The second kappa shape index (κ2) is 6.96. The number of amides is 2. The van der Waals surface area contributed by atoms with Gasteiger partial charge in [-0.3, -0.25) is 9.59 Å². The topological polar surface area (TPSA) is 58.6 Å². The summed E-state index contributed by atoms with van der Waals surface area (Å²) in [6.45, 7) is 0.857. The molecule has 2 aromatic carbocycles. The maximum atomic E-state index is 12.0. The first-order chi connectivity index (χ1) is 11.2. The SMILES string of the molecule is O=C(CCN1C(=O)COc2ccccc21)NCc1ccccc1. The Hall–Kier alpha value is -2.82. The summed E-state index contributed by atoms with van der Waals surface area (Å²) < 4.78 is 5.39. The van der Waals surface area contributed by atoms with Gasteiger partial charge < -0.3 is 15.0 Å². The Labute approximate surface area is 134 Å². The number of ether oxygens (including phenoxy) is 1. The molecule has 0 radical (unpaired) electrons. The van der Waals surface area contributed by atoms with Crippen molar-refractivity contribution in [2.75, 3.05) is 18.1 Å². The van der Waals surface area contributed by atoms with Crippen LogP contribution in [0.3, 0.4) is 0 Å². The largest absolute Gasteiger partial charge is 0.482 e. The first-order valence-electron chi connectivity index (χ1n) is 7.57. The van der Waals surface area contributed by atoms with Gasteiger partial charge in [0.15, 0.2) is 6.61 Å². The average Bonchev–Trinajstić information content (AvgIpc) is 2.60. The van der Waals surface area contributed by atoms with E-state index in [4.69, 9.17) is 4.74 Å². The van der Waals surface area contributed by atoms with E-state index >= 15 is 0 Å². The zero-order valence-electron chi connectivity index (χ0n) is 12.7. The van der Waals surface area contributed by atoms with E-state index in [1.165, 1.54) is 0 Å². The number of para-hydroxylation sites is 2. The molecule has 1 N–H and O–H groups in total. The van der Waals surface area contributed by atoms with Crippen molar-refractivity contribution in [2.24, 2.45) is 0 Å². The lowest BCUT2D eigenvalue weighted by Crippen LogP contribution is -2.41. The molecule has 5 nitrogen and oxygen atoms in total. The summed E-state index contributed by atoms with van der Waals surface area (Å²) in [6.07, 6.45) is 0.257. The van der Waals surface area contributed by atoms with E-state index in [0.29, 0.717) is 18.8 Å². The fraction of sp³-hybridized carbons (Fsp3) is 0.222. The molecular formula is C18H18N2O3. The van der Waals surface area contributed by atoms with E-state index in [0.717, 1.165) is 11.3 Å². The van der Waals surface area contributed by atoms with Crippen molar-refractivity contribution in [3.05, 3.63) is 60.2 Å². The van der Waals surface area contributed by atoms with Crippen LogP contribution in [-0.2, 0) is 16.1 Å². The van der Waals surface area contributed by atoms with Crippen molar-refractivity contribution in [1.82, 2.24) is 5.32 Å². The van der Waals surface area contributed by atoms with Crippen molar-refractivity contribution in [1.29, 1.82) is 0 Å². The number of rotatable bonds is 5. The Morgan fingerprint density at radius 3 is 2.65 bits per heavy atom. The lowest BCUT2D eigenvalue weighted by Gasteiger charge is -2.29. The minimum atomic E-state index is -0.125. The van der Waals surface area contributed by atoms with Crippen LogP contribution in [0.2, 0.25) is 0 Å². The van der Waals surface area contributed by atoms with Gasteiger partial charge in [0.2, 0.25) is 5.91 Å². The highest BCUT2D eigenvalue weighted by molar-refractivity contribution is 5.98. The van der Waals surface area contributed by atoms with Crippen molar-refractivity contribution in [3.63, 3.8) is 0 Å². The predicted molar refractivity (Wildman–Crippen MR) is 87.2 cm³/mol. The first kappa shape index (κ1) is 15.1. The van der Waals surface area contributed by atoms with E-state index in [9.17, 15) is 9.59 Å². The molecule has 3 rings (SSSR count). The molecule has 5 heteroatoms. The highest BCUT2D eigenvalue weighted by Gasteiger charge is 2.25. The van der Waals surface area contributed by atoms with Crippen LogP contribution in [0.1, 0.15) is 12.0 Å². The van der Waals surface area contributed by atoms with Crippen LogP contribution < -0.4 is 15.0 Å². The Bertz CT molecular complexity index is 700. The molecule has 1 aliphatic rings. The number of fused-ring (bicyclic) bond motifs is 1. The third-order valence-corrected chi connectivity index (χ3v) is 3.70. The normalized spacial score (nSPS) is 13.2. The molecule has 1 aliphatic heterocycles. The summed E-state index contributed by atoms with van der Waals surface area (Å²) in [5, 5.41) is 2.87. The van der Waals surface area contributed by atoms with Crippen molar-refractivity contribution in [2.45, 2.75) is 13.0 Å². The molecule has 0 saturated carbocycles. The molecule has 0 bridgehead atoms. The smallest absolute Gasteiger partial charge is 0.265 e. The lowest BCUT2D eigenvalue weighted by molar-refractivity contribution is -0.122. The number of hydrogen-bond donors (Lipinski definition) is 1. The highest BCUT2D eigenvalue weighted by atomic mass is 16.5. The molecule has 2 amide bonds. The van der Waals surface area contributed by atoms with Gasteiger partial charge in [-0.1, -0.05) is 42.5 Å². The fourth-order valence-corrected chi connectivity index (χ4v) is 2.50. The molecule has 2 aromatic rings. The van der Waals surface area contributed by atoms with Crippen LogP contribution in [0.25, 0.3) is 0 Å². The van der Waals surface area contributed by atoms with Gasteiger partial charge in [-0.05, 0) is 17.7 Å². The third kappa shape index (κ3) is 3.69. The molecular weight excluding hydrogens is 292 g/mol. The van der Waals surface area contributed by atoms with E-state index < -0.39 is 0 Å². The van der Waals surface area contributed by atoms with Gasteiger partial charge in [0, 0.05) is 19.5 Å². The van der Waals surface area contributed by atoms with Gasteiger partial charge in [0.05, 0.1) is 5.69 Å². The first-order valence-corrected chi connectivity index (χ1v) is 7.57. The van der Waals surface area contributed by atoms with E-state index in [1.807, 2.05) is 54.6 Å². The van der Waals surface area contributed by atoms with Gasteiger partial charge in [-0.2, -0.15) is 0 Å². The molecule has 23 heavy (non-hydrogen) atoms. The van der Waals surface area contributed by atoms with Gasteiger partial charge >= 0.3 is 0 Å². The minimum absolute atomic E-state index is 0.0165. The Kier molecular flexibility index (Phi) is 4.57. The fourth-order valence-electron chi connectivity index (χ4n) is 2.50. The van der Waals surface area contributed by atoms with Gasteiger partial charge in [-0.25, -0.2) is 0 Å². The number of carbonyl (C=O) groups is 2. The third-order valence-electron chi connectivity index (χ3n) is 3.70. The van der Waals surface area contributed by atoms with Crippen LogP contribution in [0.5, 0.6) is 5.75 Å². The van der Waals surface area contributed by atoms with E-state index in [2.05, 4.69) is 5.32 Å². The molecule has 0 fully saturated rings. The van der Waals surface area contributed by atoms with Crippen LogP contribution in [-0.4, -0.2) is 25.0 Å². The molecule has 0 atom stereocenters. The Morgan fingerprint density at radius 2 is 1.83 bits per heavy atom. The summed E-state index contributed by atoms with van der Waals surface area (Å²) in [4.78, 5) is 25.6. The standard InChI is InChI=1S/C18H18N2O3/c21-17(19-12-14-6-2-1-3-7-14)10-11-20-15-8-4-5-9-16(15)23-13-18(20)22/h1-9H,10-13H2,(H,19,21). The highest BCUT2D eigenvalue weighted by Crippen LogP contribution is 2.31. The van der Waals surface area contributed by atoms with Gasteiger partial charge in [0.25, 0.3) is 5.91 Å². The number of benzene rings is 2. The zero-order valence-corrected chi connectivity index (χ0v) is 12.7. The van der Waals surface area contributed by atoms with E-state index in [1.54, 1.807) is 4.90 Å². The molecule has 118 valence electrons. The molecule has 0 aliphatic carbocycles. The maximum absolute atomic E-state index is 12.0. The average molecular weight is 310 g/mol. The Balaban J connectivity index is 1.55. The van der Waals surface area contributed by atoms with Crippen LogP contribution >= 0.6 is 0 Å². The number of carbonyl (C=O) groups excluding carboxylic acids is 2. The second-order valence-electron chi connectivity index (χ2n) is 5.31. The summed E-state index contributed by atoms with van der Waals surface area (Å²) in [5.41, 5.74) is 1.77. The molecule has 0 aromatic heterocycles. The number of anilines is 1. The maximum Gasteiger partial charge on any atom is 0.265 e. The summed E-state index contributed by atoms with van der Waals surface area (Å²) in [6, 6.07) is 17.1. The monoisotopic (exact) mass is 310 g/mol.